The monoisotopic (exact) mass is 1230 g/mol. The van der Waals surface area contributed by atoms with Gasteiger partial charge in [-0.3, -0.25) is 0 Å². The van der Waals surface area contributed by atoms with Crippen LogP contribution in [0, 0.1) is 27.7 Å². The van der Waals surface area contributed by atoms with E-state index in [9.17, 15) is 0 Å². The highest BCUT2D eigenvalue weighted by Gasteiger charge is 2.39. The molecule has 6 nitrogen and oxygen atoms in total. The van der Waals surface area contributed by atoms with Gasteiger partial charge >= 0.3 is 0 Å². The normalized spacial score (nSPS) is 13.1. The maximum absolute atomic E-state index is 6.04. The first-order chi connectivity index (χ1) is 45.1. The van der Waals surface area contributed by atoms with Crippen molar-refractivity contribution in [3.8, 4) is 11.5 Å². The minimum atomic E-state index is -1.67. The molecule has 0 aliphatic carbocycles. The van der Waals surface area contributed by atoms with E-state index < -0.39 is 8.07 Å². The molecule has 13 aromatic rings. The lowest BCUT2D eigenvalue weighted by molar-refractivity contribution is 0.477. The minimum Gasteiger partial charge on any atom is -0.453 e. The lowest BCUT2D eigenvalue weighted by Gasteiger charge is -2.41. The maximum atomic E-state index is 6.04. The van der Waals surface area contributed by atoms with E-state index in [1.54, 1.807) is 0 Å². The number of hydrogen-bond acceptors (Lipinski definition) is 7. The van der Waals surface area contributed by atoms with Crippen LogP contribution >= 0.6 is 11.8 Å². The first-order valence-corrected chi connectivity index (χ1v) is 35.3. The van der Waals surface area contributed by atoms with Crippen LogP contribution in [-0.2, 0) is 0 Å². The Balaban J connectivity index is 0.000000107. The van der Waals surface area contributed by atoms with Gasteiger partial charge in [0.05, 0.1) is 45.5 Å². The molecular formula is C84H71N5OSSi. The van der Waals surface area contributed by atoms with Gasteiger partial charge in [0.15, 0.2) is 11.5 Å². The van der Waals surface area contributed by atoms with Crippen molar-refractivity contribution in [2.45, 2.75) is 50.6 Å². The molecule has 4 aliphatic heterocycles. The Kier molecular flexibility index (Phi) is 16.4. The standard InChI is InChI=1S/C25H20N2.C21H21NSi.C19H15NO.C19H15NS/c1-19-16-17-24-25(18-19)27(21-12-6-3-7-13-21)23-15-9-8-14-22(23)26(24)20-10-4-2-5-11-20;1-16-13-14-21-19(15-16)22(17-9-5-4-6-10-17)18-11-7-8-12-20(18)23(21,2)3;2*1-14-11-12-19-17(13-14)20(15-7-3-2-4-8-15)16-9-5-6-10-18(16)21-19/h2-18H,1H3;4-15H,1-3H3;2*2-13H,1H3. The number of hydrogen-bond donors (Lipinski definition) is 0. The van der Waals surface area contributed by atoms with E-state index in [1.807, 2.05) is 42.1 Å². The molecule has 0 saturated carbocycles. The van der Waals surface area contributed by atoms with Gasteiger partial charge < -0.3 is 29.2 Å². The van der Waals surface area contributed by atoms with Crippen molar-refractivity contribution in [1.29, 1.82) is 0 Å². The van der Waals surface area contributed by atoms with Crippen molar-refractivity contribution in [2.24, 2.45) is 0 Å². The van der Waals surface area contributed by atoms with Crippen molar-refractivity contribution in [1.82, 2.24) is 0 Å². The fraction of sp³-hybridized carbons (Fsp3) is 0.0714. The predicted molar refractivity (Wildman–Crippen MR) is 393 cm³/mol. The lowest BCUT2D eigenvalue weighted by Crippen LogP contribution is -2.58. The SMILES string of the molecule is Cc1ccc2c(c1)N(c1ccccc1)c1ccccc1N2c1ccccc1.Cc1ccc2c(c1)N(c1ccccc1)c1ccccc1O2.Cc1ccc2c(c1)N(c1ccccc1)c1ccccc1S2.Cc1ccc2c(c1)N(c1ccccc1)c1ccccc1[Si]2(C)C. The molecule has 8 heteroatoms. The average molecular weight is 1230 g/mol. The first kappa shape index (κ1) is 58.9. The molecular weight excluding hydrogens is 1160 g/mol. The van der Waals surface area contributed by atoms with Crippen LogP contribution in [-0.4, -0.2) is 8.07 Å². The second-order valence-corrected chi connectivity index (χ2v) is 29.5. The lowest BCUT2D eigenvalue weighted by atomic mass is 10.0. The predicted octanol–water partition coefficient (Wildman–Crippen LogP) is 23.3. The topological polar surface area (TPSA) is 25.4 Å². The van der Waals surface area contributed by atoms with Crippen molar-refractivity contribution in [3.05, 3.63) is 344 Å². The maximum Gasteiger partial charge on any atom is 0.151 e. The van der Waals surface area contributed by atoms with Gasteiger partial charge in [-0.25, -0.2) is 0 Å². The molecule has 0 bridgehead atoms. The van der Waals surface area contributed by atoms with E-state index in [4.69, 9.17) is 4.74 Å². The molecule has 4 aliphatic rings. The molecule has 0 amide bonds. The Morgan fingerprint density at radius 2 is 0.565 bits per heavy atom. The molecule has 0 fully saturated rings. The summed E-state index contributed by atoms with van der Waals surface area (Å²) in [5.41, 5.74) is 23.1. The number of nitrogens with zero attached hydrogens (tertiary/aromatic N) is 5. The summed E-state index contributed by atoms with van der Waals surface area (Å²) in [6.45, 7) is 13.5. The van der Waals surface area contributed by atoms with E-state index in [1.165, 1.54) is 111 Å². The highest BCUT2D eigenvalue weighted by atomic mass is 32.2. The summed E-state index contributed by atoms with van der Waals surface area (Å²) >= 11 is 1.85. The van der Waals surface area contributed by atoms with E-state index in [-0.39, 0.29) is 0 Å². The van der Waals surface area contributed by atoms with Gasteiger partial charge in [0.1, 0.15) is 8.07 Å². The summed E-state index contributed by atoms with van der Waals surface area (Å²) in [5, 5.41) is 3.03. The van der Waals surface area contributed by atoms with Gasteiger partial charge in [-0.15, -0.1) is 0 Å². The summed E-state index contributed by atoms with van der Waals surface area (Å²) in [7, 11) is -1.67. The molecule has 17 rings (SSSR count). The van der Waals surface area contributed by atoms with Crippen molar-refractivity contribution >= 4 is 116 Å². The van der Waals surface area contributed by atoms with Gasteiger partial charge in [0.25, 0.3) is 0 Å². The van der Waals surface area contributed by atoms with Crippen LogP contribution in [0.1, 0.15) is 22.3 Å². The molecule has 92 heavy (non-hydrogen) atoms. The summed E-state index contributed by atoms with van der Waals surface area (Å²) in [6, 6.07) is 114. The quantitative estimate of drug-likeness (QED) is 0.158. The molecule has 4 heterocycles. The molecule has 0 spiro atoms. The molecule has 0 saturated heterocycles. The van der Waals surface area contributed by atoms with Crippen LogP contribution in [0.3, 0.4) is 0 Å². The molecule has 448 valence electrons. The fourth-order valence-corrected chi connectivity index (χ4v) is 16.9. The summed E-state index contributed by atoms with van der Waals surface area (Å²) in [4.78, 5) is 14.4. The largest absolute Gasteiger partial charge is 0.453 e. The number of para-hydroxylation sites is 11. The zero-order chi connectivity index (χ0) is 62.7. The Labute approximate surface area is 547 Å². The third-order valence-electron chi connectivity index (χ3n) is 17.3. The Bertz CT molecular complexity index is 4620. The number of anilines is 15. The van der Waals surface area contributed by atoms with Gasteiger partial charge in [0.2, 0.25) is 0 Å². The second kappa shape index (κ2) is 25.6. The Morgan fingerprint density at radius 1 is 0.239 bits per heavy atom. The molecule has 0 atom stereocenters. The zero-order valence-corrected chi connectivity index (χ0v) is 54.5. The van der Waals surface area contributed by atoms with Gasteiger partial charge in [-0.2, -0.15) is 0 Å². The van der Waals surface area contributed by atoms with E-state index in [2.05, 4.69) is 356 Å². The number of ether oxygens (including phenoxy) is 1. The van der Waals surface area contributed by atoms with Crippen LogP contribution in [0.25, 0.3) is 0 Å². The zero-order valence-electron chi connectivity index (χ0n) is 52.7. The van der Waals surface area contributed by atoms with E-state index in [0.29, 0.717) is 0 Å². The highest BCUT2D eigenvalue weighted by molar-refractivity contribution is 7.99. The highest BCUT2D eigenvalue weighted by Crippen LogP contribution is 2.55. The second-order valence-electron chi connectivity index (χ2n) is 24.1. The van der Waals surface area contributed by atoms with Crippen molar-refractivity contribution in [3.63, 3.8) is 0 Å². The third kappa shape index (κ3) is 11.5. The molecule has 0 N–H and O–H groups in total. The fourth-order valence-electron chi connectivity index (χ4n) is 12.9. The van der Waals surface area contributed by atoms with Gasteiger partial charge in [-0.1, -0.05) is 201 Å². The number of aryl methyl sites for hydroxylation is 4. The Morgan fingerprint density at radius 3 is 1.12 bits per heavy atom. The van der Waals surface area contributed by atoms with Gasteiger partial charge in [-0.05, 0) is 206 Å². The smallest absolute Gasteiger partial charge is 0.151 e. The summed E-state index contributed by atoms with van der Waals surface area (Å²) in [5.74, 6) is 1.78. The van der Waals surface area contributed by atoms with Crippen LogP contribution in [0.2, 0.25) is 13.1 Å². The van der Waals surface area contributed by atoms with E-state index >= 15 is 0 Å². The van der Waals surface area contributed by atoms with Crippen LogP contribution in [0.5, 0.6) is 11.5 Å². The average Bonchev–Trinajstić information content (AvgIpc) is 0.768. The van der Waals surface area contributed by atoms with Crippen molar-refractivity contribution in [2.75, 3.05) is 24.5 Å². The van der Waals surface area contributed by atoms with Crippen LogP contribution in [0.4, 0.5) is 85.3 Å². The summed E-state index contributed by atoms with van der Waals surface area (Å²) in [6.07, 6.45) is 0. The van der Waals surface area contributed by atoms with Crippen LogP contribution in [0.15, 0.2) is 331 Å². The molecule has 0 unspecified atom stereocenters. The number of benzene rings is 13. The minimum absolute atomic E-state index is 0.887. The Hall–Kier alpha value is -10.8. The molecule has 0 aromatic heterocycles. The number of fused-ring (bicyclic) bond motifs is 8. The summed E-state index contributed by atoms with van der Waals surface area (Å²) < 4.78 is 6.04. The number of rotatable bonds is 5. The molecule has 0 radical (unpaired) electrons. The van der Waals surface area contributed by atoms with E-state index in [0.717, 1.165) is 28.6 Å². The molecule has 13 aromatic carbocycles. The van der Waals surface area contributed by atoms with Gasteiger partial charge in [0, 0.05) is 49.6 Å². The first-order valence-electron chi connectivity index (χ1n) is 31.5. The third-order valence-corrected chi connectivity index (χ3v) is 22.0. The van der Waals surface area contributed by atoms with Crippen LogP contribution < -0.4 is 39.6 Å². The van der Waals surface area contributed by atoms with Crippen molar-refractivity contribution < 1.29 is 4.74 Å².